The fraction of sp³-hybridized carbons (Fsp3) is 0.571. The molecule has 1 aliphatic rings. The van der Waals surface area contributed by atoms with Crippen LogP contribution >= 0.6 is 0 Å². The van der Waals surface area contributed by atoms with Crippen LogP contribution in [0.15, 0.2) is 23.1 Å². The Bertz CT molecular complexity index is 522. The van der Waals surface area contributed by atoms with Gasteiger partial charge in [-0.15, -0.1) is 0 Å². The molecule has 2 rings (SSSR count). The summed E-state index contributed by atoms with van der Waals surface area (Å²) in [4.78, 5) is 0.420. The molecule has 106 valence electrons. The van der Waals surface area contributed by atoms with Gasteiger partial charge in [-0.05, 0) is 42.5 Å². The summed E-state index contributed by atoms with van der Waals surface area (Å²) in [5.74, 6) is 0.0233. The number of hydrogen-bond donors (Lipinski definition) is 0. The molecule has 0 saturated heterocycles. The van der Waals surface area contributed by atoms with Crippen LogP contribution in [0, 0.1) is 0 Å². The fourth-order valence-electron chi connectivity index (χ4n) is 2.27. The van der Waals surface area contributed by atoms with Crippen LogP contribution in [0.25, 0.3) is 0 Å². The van der Waals surface area contributed by atoms with Gasteiger partial charge in [0.15, 0.2) is 9.84 Å². The van der Waals surface area contributed by atoms with Gasteiger partial charge >= 0.3 is 0 Å². The smallest absolute Gasteiger partial charge is 0.180 e. The molecule has 0 radical (unpaired) electrons. The molecule has 0 fully saturated rings. The fourth-order valence-corrected chi connectivity index (χ4v) is 3.44. The van der Waals surface area contributed by atoms with Crippen LogP contribution in [0.4, 0.5) is 0 Å². The molecule has 0 aliphatic heterocycles. The number of fused-ring (bicyclic) bond motifs is 1. The minimum absolute atomic E-state index is 0.0233. The first-order chi connectivity index (χ1) is 9.13. The Morgan fingerprint density at radius 3 is 2.68 bits per heavy atom. The number of hydrogen-bond acceptors (Lipinski definition) is 4. The second kappa shape index (κ2) is 6.50. The highest BCUT2D eigenvalue weighted by Crippen LogP contribution is 2.25. The van der Waals surface area contributed by atoms with Gasteiger partial charge in [0.2, 0.25) is 0 Å². The second-order valence-corrected chi connectivity index (χ2v) is 6.82. The van der Waals surface area contributed by atoms with Crippen molar-refractivity contribution in [3.8, 4) is 0 Å². The molecule has 0 spiro atoms. The van der Waals surface area contributed by atoms with E-state index in [0.29, 0.717) is 18.1 Å². The Hall–Kier alpha value is -0.910. The monoisotopic (exact) mass is 284 g/mol. The van der Waals surface area contributed by atoms with Gasteiger partial charge in [-0.3, -0.25) is 0 Å². The zero-order valence-electron chi connectivity index (χ0n) is 11.2. The SMILES string of the molecule is COCCOCCS(=O)(=O)c1ccc2c(c1)CCC2. The van der Waals surface area contributed by atoms with Crippen LogP contribution in [-0.2, 0) is 32.2 Å². The topological polar surface area (TPSA) is 52.6 Å². The Balaban J connectivity index is 1.95. The van der Waals surface area contributed by atoms with E-state index in [9.17, 15) is 8.42 Å². The van der Waals surface area contributed by atoms with Crippen LogP contribution in [0.5, 0.6) is 0 Å². The minimum atomic E-state index is -3.23. The number of methoxy groups -OCH3 is 1. The van der Waals surface area contributed by atoms with Gasteiger partial charge in [0.25, 0.3) is 0 Å². The van der Waals surface area contributed by atoms with Crippen molar-refractivity contribution < 1.29 is 17.9 Å². The number of benzene rings is 1. The summed E-state index contributed by atoms with van der Waals surface area (Å²) in [6.45, 7) is 1.12. The molecule has 4 nitrogen and oxygen atoms in total. The third-order valence-electron chi connectivity index (χ3n) is 3.36. The van der Waals surface area contributed by atoms with Crippen molar-refractivity contribution in [1.82, 2.24) is 0 Å². The van der Waals surface area contributed by atoms with E-state index in [1.807, 2.05) is 12.1 Å². The van der Waals surface area contributed by atoms with Crippen LogP contribution in [-0.4, -0.2) is 41.1 Å². The maximum absolute atomic E-state index is 12.2. The van der Waals surface area contributed by atoms with E-state index in [0.717, 1.165) is 19.3 Å². The molecule has 0 unspecified atom stereocenters. The van der Waals surface area contributed by atoms with E-state index in [-0.39, 0.29) is 12.4 Å². The van der Waals surface area contributed by atoms with Gasteiger partial charge in [-0.1, -0.05) is 6.07 Å². The minimum Gasteiger partial charge on any atom is -0.382 e. The van der Waals surface area contributed by atoms with Crippen molar-refractivity contribution in [2.24, 2.45) is 0 Å². The van der Waals surface area contributed by atoms with Gasteiger partial charge in [-0.2, -0.15) is 0 Å². The van der Waals surface area contributed by atoms with Gasteiger partial charge in [0.05, 0.1) is 30.5 Å². The molecule has 0 saturated carbocycles. The first kappa shape index (κ1) is 14.5. The van der Waals surface area contributed by atoms with Crippen molar-refractivity contribution in [3.63, 3.8) is 0 Å². The van der Waals surface area contributed by atoms with E-state index in [2.05, 4.69) is 0 Å². The normalized spacial score (nSPS) is 14.6. The predicted octanol–water partition coefficient (Wildman–Crippen LogP) is 1.61. The lowest BCUT2D eigenvalue weighted by Gasteiger charge is -2.07. The van der Waals surface area contributed by atoms with Gasteiger partial charge in [0, 0.05) is 7.11 Å². The number of ether oxygens (including phenoxy) is 2. The molecular formula is C14H20O4S. The molecule has 1 aromatic rings. The van der Waals surface area contributed by atoms with Crippen molar-refractivity contribution in [3.05, 3.63) is 29.3 Å². The van der Waals surface area contributed by atoms with E-state index >= 15 is 0 Å². The summed E-state index contributed by atoms with van der Waals surface area (Å²) in [6.07, 6.45) is 3.18. The van der Waals surface area contributed by atoms with E-state index in [1.165, 1.54) is 11.1 Å². The molecular weight excluding hydrogens is 264 g/mol. The zero-order chi connectivity index (χ0) is 13.7. The van der Waals surface area contributed by atoms with E-state index < -0.39 is 9.84 Å². The van der Waals surface area contributed by atoms with Crippen LogP contribution < -0.4 is 0 Å². The number of sulfone groups is 1. The highest BCUT2D eigenvalue weighted by molar-refractivity contribution is 7.91. The first-order valence-corrected chi connectivity index (χ1v) is 8.20. The van der Waals surface area contributed by atoms with Crippen molar-refractivity contribution >= 4 is 9.84 Å². The van der Waals surface area contributed by atoms with E-state index in [1.54, 1.807) is 13.2 Å². The lowest BCUT2D eigenvalue weighted by atomic mass is 10.1. The molecule has 19 heavy (non-hydrogen) atoms. The molecule has 1 aromatic carbocycles. The van der Waals surface area contributed by atoms with E-state index in [4.69, 9.17) is 9.47 Å². The average Bonchev–Trinajstić information content (AvgIpc) is 2.85. The molecule has 1 aliphatic carbocycles. The predicted molar refractivity (Wildman–Crippen MR) is 73.2 cm³/mol. The second-order valence-electron chi connectivity index (χ2n) is 4.71. The lowest BCUT2D eigenvalue weighted by Crippen LogP contribution is -2.14. The highest BCUT2D eigenvalue weighted by atomic mass is 32.2. The molecule has 0 N–H and O–H groups in total. The average molecular weight is 284 g/mol. The highest BCUT2D eigenvalue weighted by Gasteiger charge is 2.18. The maximum Gasteiger partial charge on any atom is 0.180 e. The van der Waals surface area contributed by atoms with Crippen molar-refractivity contribution in [2.75, 3.05) is 32.7 Å². The lowest BCUT2D eigenvalue weighted by molar-refractivity contribution is 0.0785. The van der Waals surface area contributed by atoms with Crippen LogP contribution in [0.1, 0.15) is 17.5 Å². The molecule has 0 amide bonds. The Kier molecular flexibility index (Phi) is 4.96. The molecule has 0 heterocycles. The molecule has 0 bridgehead atoms. The zero-order valence-corrected chi connectivity index (χ0v) is 12.0. The van der Waals surface area contributed by atoms with Gasteiger partial charge in [0.1, 0.15) is 0 Å². The van der Waals surface area contributed by atoms with Gasteiger partial charge < -0.3 is 9.47 Å². The summed E-state index contributed by atoms with van der Waals surface area (Å²) in [5.41, 5.74) is 2.47. The largest absolute Gasteiger partial charge is 0.382 e. The maximum atomic E-state index is 12.2. The van der Waals surface area contributed by atoms with Crippen LogP contribution in [0.2, 0.25) is 0 Å². The number of aryl methyl sites for hydroxylation is 2. The van der Waals surface area contributed by atoms with Crippen molar-refractivity contribution in [1.29, 1.82) is 0 Å². The Morgan fingerprint density at radius 2 is 1.89 bits per heavy atom. The summed E-state index contributed by atoms with van der Waals surface area (Å²) < 4.78 is 34.4. The summed E-state index contributed by atoms with van der Waals surface area (Å²) in [6, 6.07) is 5.49. The number of rotatable bonds is 7. The summed E-state index contributed by atoms with van der Waals surface area (Å²) in [5, 5.41) is 0. The standard InChI is InChI=1S/C14H20O4S/c1-17-7-8-18-9-10-19(15,16)14-6-5-12-3-2-4-13(12)11-14/h5-6,11H,2-4,7-10H2,1H3. The Morgan fingerprint density at radius 1 is 1.11 bits per heavy atom. The first-order valence-electron chi connectivity index (χ1n) is 6.55. The van der Waals surface area contributed by atoms with Crippen molar-refractivity contribution in [2.45, 2.75) is 24.2 Å². The molecule has 0 atom stereocenters. The quantitative estimate of drug-likeness (QED) is 0.714. The third-order valence-corrected chi connectivity index (χ3v) is 5.03. The summed E-state index contributed by atoms with van der Waals surface area (Å²) >= 11 is 0. The summed E-state index contributed by atoms with van der Waals surface area (Å²) in [7, 11) is -1.65. The molecule has 5 heteroatoms. The molecule has 0 aromatic heterocycles. The van der Waals surface area contributed by atoms with Gasteiger partial charge in [-0.25, -0.2) is 8.42 Å². The van der Waals surface area contributed by atoms with Crippen LogP contribution in [0.3, 0.4) is 0 Å². The third kappa shape index (κ3) is 3.78. The Labute approximate surface area is 114 Å².